The molecule has 7 heteroatoms. The van der Waals surface area contributed by atoms with E-state index in [-0.39, 0.29) is 6.61 Å². The first-order chi connectivity index (χ1) is 9.19. The van der Waals surface area contributed by atoms with E-state index in [0.29, 0.717) is 23.0 Å². The fraction of sp³-hybridized carbons (Fsp3) is 0.333. The number of cyclic esters (lactones) is 1. The van der Waals surface area contributed by atoms with Gasteiger partial charge in [0.15, 0.2) is 11.5 Å². The van der Waals surface area contributed by atoms with Crippen LogP contribution in [0.25, 0.3) is 0 Å². The van der Waals surface area contributed by atoms with E-state index in [9.17, 15) is 4.79 Å². The molecule has 0 bridgehead atoms. The summed E-state index contributed by atoms with van der Waals surface area (Å²) >= 11 is 0. The van der Waals surface area contributed by atoms with Gasteiger partial charge in [-0.2, -0.15) is 5.10 Å². The summed E-state index contributed by atoms with van der Waals surface area (Å²) in [5.74, 6) is 1.52. The molecule has 1 heterocycles. The summed E-state index contributed by atoms with van der Waals surface area (Å²) in [5, 5.41) is 3.93. The highest BCUT2D eigenvalue weighted by Gasteiger charge is 2.19. The molecule has 0 radical (unpaired) electrons. The maximum atomic E-state index is 10.9. The summed E-state index contributed by atoms with van der Waals surface area (Å²) in [6.07, 6.45) is -0.573. The lowest BCUT2D eigenvalue weighted by molar-refractivity contribution is 0.157. The van der Waals surface area contributed by atoms with E-state index in [4.69, 9.17) is 18.9 Å². The quantitative estimate of drug-likeness (QED) is 0.884. The van der Waals surface area contributed by atoms with E-state index in [1.807, 2.05) is 0 Å². The van der Waals surface area contributed by atoms with Crippen LogP contribution in [0.3, 0.4) is 0 Å². The van der Waals surface area contributed by atoms with Gasteiger partial charge in [0.2, 0.25) is 5.75 Å². The molecule has 102 valence electrons. The summed E-state index contributed by atoms with van der Waals surface area (Å²) in [7, 11) is 4.59. The molecule has 1 aliphatic heterocycles. The van der Waals surface area contributed by atoms with Crippen LogP contribution in [0, 0.1) is 0 Å². The number of benzene rings is 1. The number of hydrazone groups is 1. The lowest BCUT2D eigenvalue weighted by Gasteiger charge is -2.17. The molecular formula is C12H14N2O5. The van der Waals surface area contributed by atoms with Crippen molar-refractivity contribution < 1.29 is 23.7 Å². The van der Waals surface area contributed by atoms with E-state index in [0.717, 1.165) is 5.56 Å². The van der Waals surface area contributed by atoms with Gasteiger partial charge in [-0.15, -0.1) is 0 Å². The predicted molar refractivity (Wildman–Crippen MR) is 67.1 cm³/mol. The number of carbonyl (C=O) groups is 1. The van der Waals surface area contributed by atoms with Crippen LogP contribution in [0.2, 0.25) is 0 Å². The van der Waals surface area contributed by atoms with E-state index in [1.165, 1.54) is 21.3 Å². The molecule has 1 aromatic rings. The highest BCUT2D eigenvalue weighted by molar-refractivity contribution is 6.04. The topological polar surface area (TPSA) is 78.4 Å². The molecule has 0 fully saturated rings. The van der Waals surface area contributed by atoms with Crippen molar-refractivity contribution in [1.82, 2.24) is 5.43 Å². The Morgan fingerprint density at radius 2 is 1.79 bits per heavy atom. The van der Waals surface area contributed by atoms with Crippen molar-refractivity contribution in [3.63, 3.8) is 0 Å². The number of rotatable bonds is 4. The Morgan fingerprint density at radius 1 is 1.16 bits per heavy atom. The Morgan fingerprint density at radius 3 is 2.21 bits per heavy atom. The summed E-state index contributed by atoms with van der Waals surface area (Å²) in [6, 6.07) is 3.47. The van der Waals surface area contributed by atoms with Gasteiger partial charge in [-0.3, -0.25) is 0 Å². The normalized spacial score (nSPS) is 14.1. The first-order valence-corrected chi connectivity index (χ1v) is 5.49. The summed E-state index contributed by atoms with van der Waals surface area (Å²) in [4.78, 5) is 10.9. The van der Waals surface area contributed by atoms with Gasteiger partial charge in [0.25, 0.3) is 0 Å². The Labute approximate surface area is 110 Å². The van der Waals surface area contributed by atoms with Crippen molar-refractivity contribution in [2.24, 2.45) is 5.10 Å². The van der Waals surface area contributed by atoms with Gasteiger partial charge >= 0.3 is 6.09 Å². The van der Waals surface area contributed by atoms with Crippen molar-refractivity contribution in [1.29, 1.82) is 0 Å². The molecule has 0 spiro atoms. The zero-order chi connectivity index (χ0) is 13.8. The van der Waals surface area contributed by atoms with Gasteiger partial charge in [-0.1, -0.05) is 0 Å². The molecule has 1 aliphatic rings. The van der Waals surface area contributed by atoms with E-state index in [1.54, 1.807) is 12.1 Å². The zero-order valence-electron chi connectivity index (χ0n) is 10.9. The molecule has 0 saturated carbocycles. The number of nitrogens with one attached hydrogen (secondary N) is 1. The van der Waals surface area contributed by atoms with Crippen LogP contribution in [0.4, 0.5) is 4.79 Å². The predicted octanol–water partition coefficient (Wildman–Crippen LogP) is 1.16. The zero-order valence-corrected chi connectivity index (χ0v) is 10.9. The average Bonchev–Trinajstić information content (AvgIpc) is 2.46. The Kier molecular flexibility index (Phi) is 3.74. The highest BCUT2D eigenvalue weighted by atomic mass is 16.6. The van der Waals surface area contributed by atoms with Gasteiger partial charge in [0.05, 0.1) is 21.3 Å². The smallest absolute Gasteiger partial charge is 0.428 e. The fourth-order valence-electron chi connectivity index (χ4n) is 1.71. The molecule has 1 amide bonds. The van der Waals surface area contributed by atoms with Crippen LogP contribution in [-0.4, -0.2) is 39.7 Å². The van der Waals surface area contributed by atoms with Gasteiger partial charge < -0.3 is 18.9 Å². The van der Waals surface area contributed by atoms with Gasteiger partial charge in [-0.05, 0) is 12.1 Å². The van der Waals surface area contributed by atoms with Crippen LogP contribution in [0.5, 0.6) is 17.2 Å². The van der Waals surface area contributed by atoms with Crippen LogP contribution < -0.4 is 19.6 Å². The molecule has 0 atom stereocenters. The molecule has 0 saturated heterocycles. The number of carbonyl (C=O) groups excluding carboxylic acids is 1. The van der Waals surface area contributed by atoms with E-state index in [2.05, 4.69) is 10.5 Å². The molecule has 1 aromatic carbocycles. The number of hydrogen-bond donors (Lipinski definition) is 1. The van der Waals surface area contributed by atoms with Crippen LogP contribution >= 0.6 is 0 Å². The maximum absolute atomic E-state index is 10.9. The summed E-state index contributed by atoms with van der Waals surface area (Å²) in [6.45, 7) is 0.0878. The highest BCUT2D eigenvalue weighted by Crippen LogP contribution is 2.38. The first kappa shape index (κ1) is 13.0. The van der Waals surface area contributed by atoms with Crippen molar-refractivity contribution in [2.75, 3.05) is 27.9 Å². The van der Waals surface area contributed by atoms with Gasteiger partial charge in [-0.25, -0.2) is 10.2 Å². The maximum Gasteiger partial charge on any atom is 0.428 e. The molecule has 7 nitrogen and oxygen atoms in total. The monoisotopic (exact) mass is 266 g/mol. The summed E-state index contributed by atoms with van der Waals surface area (Å²) < 4.78 is 20.6. The van der Waals surface area contributed by atoms with Crippen LogP contribution in [0.1, 0.15) is 5.56 Å². The third-order valence-electron chi connectivity index (χ3n) is 2.62. The van der Waals surface area contributed by atoms with Gasteiger partial charge in [0.1, 0.15) is 12.3 Å². The minimum Gasteiger partial charge on any atom is -0.493 e. The van der Waals surface area contributed by atoms with Crippen molar-refractivity contribution in [2.45, 2.75) is 0 Å². The molecule has 19 heavy (non-hydrogen) atoms. The van der Waals surface area contributed by atoms with E-state index < -0.39 is 6.09 Å². The number of ether oxygens (including phenoxy) is 4. The second kappa shape index (κ2) is 5.47. The number of amides is 1. The Hall–Kier alpha value is -2.44. The lowest BCUT2D eigenvalue weighted by Crippen LogP contribution is -2.30. The molecule has 0 aliphatic carbocycles. The molecule has 0 unspecified atom stereocenters. The minimum atomic E-state index is -0.573. The number of hydrogen-bond acceptors (Lipinski definition) is 6. The standard InChI is InChI=1S/C12H14N2O5/c1-16-9-4-7(5-10(17-2)11(9)18-3)8-6-19-12(15)14-13-8/h4-5H,6H2,1-3H3,(H,14,15). The second-order valence-electron chi connectivity index (χ2n) is 3.66. The van der Waals surface area contributed by atoms with Crippen molar-refractivity contribution in [3.05, 3.63) is 17.7 Å². The largest absolute Gasteiger partial charge is 0.493 e. The molecule has 2 rings (SSSR count). The van der Waals surface area contributed by atoms with Gasteiger partial charge in [0, 0.05) is 5.56 Å². The van der Waals surface area contributed by atoms with Crippen molar-refractivity contribution >= 4 is 11.8 Å². The Bertz CT molecular complexity index is 502. The minimum absolute atomic E-state index is 0.0878. The van der Waals surface area contributed by atoms with Crippen molar-refractivity contribution in [3.8, 4) is 17.2 Å². The van der Waals surface area contributed by atoms with Crippen LogP contribution in [0.15, 0.2) is 17.2 Å². The molecular weight excluding hydrogens is 252 g/mol. The molecule has 1 N–H and O–H groups in total. The van der Waals surface area contributed by atoms with E-state index >= 15 is 0 Å². The molecule has 0 aromatic heterocycles. The third kappa shape index (κ3) is 2.54. The summed E-state index contributed by atoms with van der Waals surface area (Å²) in [5.41, 5.74) is 3.53. The average molecular weight is 266 g/mol. The number of nitrogens with zero attached hydrogens (tertiary/aromatic N) is 1. The number of methoxy groups -OCH3 is 3. The second-order valence-corrected chi connectivity index (χ2v) is 3.66. The Balaban J connectivity index is 2.44. The van der Waals surface area contributed by atoms with Crippen LogP contribution in [-0.2, 0) is 4.74 Å². The lowest BCUT2D eigenvalue weighted by atomic mass is 10.1. The third-order valence-corrected chi connectivity index (χ3v) is 2.62. The fourth-order valence-corrected chi connectivity index (χ4v) is 1.71. The first-order valence-electron chi connectivity index (χ1n) is 5.49. The SMILES string of the molecule is COc1cc(C2=NNC(=O)OC2)cc(OC)c1OC.